The molecule has 1 amide bonds. The summed E-state index contributed by atoms with van der Waals surface area (Å²) < 4.78 is 3.50. The highest BCUT2D eigenvalue weighted by atomic mass is 35.5. The van der Waals surface area contributed by atoms with Gasteiger partial charge in [0.2, 0.25) is 11.2 Å². The van der Waals surface area contributed by atoms with Crippen LogP contribution >= 0.6 is 11.6 Å². The van der Waals surface area contributed by atoms with Gasteiger partial charge in [0, 0.05) is 14.1 Å². The molecule has 0 spiro atoms. The normalized spacial score (nSPS) is 12.3. The smallest absolute Gasteiger partial charge is 0.332 e. The minimum atomic E-state index is -0.550. The third kappa shape index (κ3) is 3.03. The lowest BCUT2D eigenvalue weighted by molar-refractivity contribution is -0.122. The van der Waals surface area contributed by atoms with Crippen molar-refractivity contribution in [2.45, 2.75) is 19.5 Å². The quantitative estimate of drug-likeness (QED) is 0.688. The number of hydrogen-bond donors (Lipinski definition) is 1. The van der Waals surface area contributed by atoms with Crippen molar-refractivity contribution in [1.29, 1.82) is 0 Å². The number of nitrogens with one attached hydrogen (secondary N) is 1. The van der Waals surface area contributed by atoms with E-state index in [0.29, 0.717) is 0 Å². The Hall–Kier alpha value is -2.87. The van der Waals surface area contributed by atoms with Gasteiger partial charge in [-0.25, -0.2) is 4.79 Å². The van der Waals surface area contributed by atoms with Crippen LogP contribution in [0.1, 0.15) is 18.5 Å². The molecule has 0 saturated heterocycles. The lowest BCUT2D eigenvalue weighted by Crippen LogP contribution is -2.38. The molecule has 0 aliphatic carbocycles. The number of aryl methyl sites for hydroxylation is 1. The predicted molar refractivity (Wildman–Crippen MR) is 98.2 cm³/mol. The number of benzene rings is 1. The van der Waals surface area contributed by atoms with Gasteiger partial charge in [0.1, 0.15) is 6.54 Å². The minimum absolute atomic E-state index is 0.0270. The maximum atomic E-state index is 12.5. The number of hydrogen-bond acceptors (Lipinski definition) is 4. The van der Waals surface area contributed by atoms with Gasteiger partial charge in [-0.05, 0) is 24.1 Å². The van der Waals surface area contributed by atoms with Gasteiger partial charge in [-0.15, -0.1) is 0 Å². The van der Waals surface area contributed by atoms with Crippen LogP contribution in [0.25, 0.3) is 11.2 Å². The third-order valence-corrected chi connectivity index (χ3v) is 4.57. The molecule has 0 saturated carbocycles. The highest BCUT2D eigenvalue weighted by Crippen LogP contribution is 2.16. The zero-order valence-electron chi connectivity index (χ0n) is 14.6. The van der Waals surface area contributed by atoms with E-state index in [1.165, 1.54) is 23.2 Å². The van der Waals surface area contributed by atoms with Crippen LogP contribution in [0.15, 0.2) is 39.9 Å². The van der Waals surface area contributed by atoms with Gasteiger partial charge in [-0.1, -0.05) is 30.3 Å². The summed E-state index contributed by atoms with van der Waals surface area (Å²) in [7, 11) is 2.86. The molecule has 26 heavy (non-hydrogen) atoms. The Labute approximate surface area is 153 Å². The fourth-order valence-electron chi connectivity index (χ4n) is 2.82. The molecule has 2 heterocycles. The molecule has 1 N–H and O–H groups in total. The number of aromatic nitrogens is 4. The summed E-state index contributed by atoms with van der Waals surface area (Å²) in [4.78, 5) is 41.0. The van der Waals surface area contributed by atoms with Crippen molar-refractivity contribution < 1.29 is 4.79 Å². The lowest BCUT2D eigenvalue weighted by atomic mass is 10.1. The van der Waals surface area contributed by atoms with Gasteiger partial charge < -0.3 is 5.32 Å². The van der Waals surface area contributed by atoms with Crippen molar-refractivity contribution >= 4 is 28.7 Å². The first-order valence-corrected chi connectivity index (χ1v) is 8.35. The Morgan fingerprint density at radius 2 is 1.85 bits per heavy atom. The number of nitrogens with zero attached hydrogens (tertiary/aromatic N) is 4. The highest BCUT2D eigenvalue weighted by molar-refractivity contribution is 6.29. The standard InChI is InChI=1S/C17H18ClN5O3/c1-10(11-7-5-4-6-8-11)19-12(24)9-23-13-14(20-16(23)18)21(2)17(26)22(3)15(13)25/h4-8,10H,9H2,1-3H3,(H,19,24). The van der Waals surface area contributed by atoms with Gasteiger partial charge in [0.15, 0.2) is 11.2 Å². The molecule has 9 heteroatoms. The summed E-state index contributed by atoms with van der Waals surface area (Å²) in [5, 5.41) is 2.84. The van der Waals surface area contributed by atoms with E-state index in [0.717, 1.165) is 10.1 Å². The number of fused-ring (bicyclic) bond motifs is 1. The van der Waals surface area contributed by atoms with Crippen LogP contribution in [0.5, 0.6) is 0 Å². The molecular formula is C17H18ClN5O3. The zero-order valence-corrected chi connectivity index (χ0v) is 15.3. The molecule has 1 aromatic carbocycles. The number of carbonyl (C=O) groups excluding carboxylic acids is 1. The van der Waals surface area contributed by atoms with Crippen LogP contribution in [-0.2, 0) is 25.4 Å². The number of amides is 1. The first-order valence-electron chi connectivity index (χ1n) is 7.97. The monoisotopic (exact) mass is 375 g/mol. The second kappa shape index (κ2) is 6.80. The highest BCUT2D eigenvalue weighted by Gasteiger charge is 2.20. The Morgan fingerprint density at radius 3 is 2.50 bits per heavy atom. The molecule has 0 bridgehead atoms. The summed E-state index contributed by atoms with van der Waals surface area (Å²) in [6.45, 7) is 1.68. The topological polar surface area (TPSA) is 90.9 Å². The fraction of sp³-hybridized carbons (Fsp3) is 0.294. The molecule has 1 atom stereocenters. The Kier molecular flexibility index (Phi) is 4.69. The molecular weight excluding hydrogens is 358 g/mol. The summed E-state index contributed by atoms with van der Waals surface area (Å²) in [5.74, 6) is -0.321. The molecule has 3 rings (SSSR count). The summed E-state index contributed by atoms with van der Waals surface area (Å²) in [6, 6.07) is 9.30. The average Bonchev–Trinajstić information content (AvgIpc) is 2.95. The molecule has 0 aliphatic heterocycles. The second-order valence-electron chi connectivity index (χ2n) is 6.04. The van der Waals surface area contributed by atoms with E-state index in [2.05, 4.69) is 10.3 Å². The summed E-state index contributed by atoms with van der Waals surface area (Å²) >= 11 is 6.12. The number of imidazole rings is 1. The number of carbonyl (C=O) groups is 1. The van der Waals surface area contributed by atoms with Crippen LogP contribution in [0.2, 0.25) is 5.28 Å². The minimum Gasteiger partial charge on any atom is -0.348 e. The first-order chi connectivity index (χ1) is 12.3. The molecule has 136 valence electrons. The van der Waals surface area contributed by atoms with Crippen LogP contribution in [0.4, 0.5) is 0 Å². The zero-order chi connectivity index (χ0) is 19.0. The molecule has 2 aromatic heterocycles. The Bertz CT molecular complexity index is 1100. The van der Waals surface area contributed by atoms with Crippen LogP contribution in [0.3, 0.4) is 0 Å². The summed E-state index contributed by atoms with van der Waals surface area (Å²) in [6.07, 6.45) is 0. The Balaban J connectivity index is 1.94. The molecule has 0 radical (unpaired) electrons. The number of rotatable bonds is 4. The Morgan fingerprint density at radius 1 is 1.19 bits per heavy atom. The molecule has 0 fully saturated rings. The van der Waals surface area contributed by atoms with Crippen molar-refractivity contribution in [2.24, 2.45) is 14.1 Å². The average molecular weight is 376 g/mol. The molecule has 1 unspecified atom stereocenters. The van der Waals surface area contributed by atoms with E-state index >= 15 is 0 Å². The van der Waals surface area contributed by atoms with Crippen LogP contribution in [0, 0.1) is 0 Å². The van der Waals surface area contributed by atoms with Gasteiger partial charge >= 0.3 is 5.69 Å². The maximum Gasteiger partial charge on any atom is 0.332 e. The van der Waals surface area contributed by atoms with Crippen molar-refractivity contribution in [1.82, 2.24) is 24.0 Å². The first kappa shape index (κ1) is 17.9. The lowest BCUT2D eigenvalue weighted by Gasteiger charge is -2.15. The molecule has 0 aliphatic rings. The van der Waals surface area contributed by atoms with E-state index < -0.39 is 11.2 Å². The fourth-order valence-corrected chi connectivity index (χ4v) is 3.04. The molecule has 3 aromatic rings. The maximum absolute atomic E-state index is 12.5. The van der Waals surface area contributed by atoms with E-state index in [9.17, 15) is 14.4 Å². The molecule has 8 nitrogen and oxygen atoms in total. The van der Waals surface area contributed by atoms with Crippen molar-refractivity contribution in [3.8, 4) is 0 Å². The van der Waals surface area contributed by atoms with Gasteiger partial charge in [-0.2, -0.15) is 4.98 Å². The summed E-state index contributed by atoms with van der Waals surface area (Å²) in [5.41, 5.74) is 0.159. The van der Waals surface area contributed by atoms with Crippen LogP contribution in [-0.4, -0.2) is 24.6 Å². The van der Waals surface area contributed by atoms with Gasteiger partial charge in [-0.3, -0.25) is 23.3 Å². The van der Waals surface area contributed by atoms with Gasteiger partial charge in [0.05, 0.1) is 6.04 Å². The van der Waals surface area contributed by atoms with Gasteiger partial charge in [0.25, 0.3) is 5.56 Å². The number of halogens is 1. The van der Waals surface area contributed by atoms with Crippen molar-refractivity contribution in [3.05, 3.63) is 62.0 Å². The van der Waals surface area contributed by atoms with E-state index in [1.807, 2.05) is 37.3 Å². The third-order valence-electron chi connectivity index (χ3n) is 4.28. The van der Waals surface area contributed by atoms with E-state index in [-0.39, 0.29) is 34.9 Å². The second-order valence-corrected chi connectivity index (χ2v) is 6.38. The van der Waals surface area contributed by atoms with E-state index in [4.69, 9.17) is 11.6 Å². The SMILES string of the molecule is CC(NC(=O)Cn1c(Cl)nc2c1c(=O)n(C)c(=O)n2C)c1ccccc1. The van der Waals surface area contributed by atoms with Crippen molar-refractivity contribution in [2.75, 3.05) is 0 Å². The largest absolute Gasteiger partial charge is 0.348 e. The van der Waals surface area contributed by atoms with Crippen LogP contribution < -0.4 is 16.6 Å². The predicted octanol–water partition coefficient (Wildman–Crippen LogP) is 0.964. The van der Waals surface area contributed by atoms with E-state index in [1.54, 1.807) is 0 Å². The van der Waals surface area contributed by atoms with Crippen molar-refractivity contribution in [3.63, 3.8) is 0 Å².